The van der Waals surface area contributed by atoms with Gasteiger partial charge in [-0.1, -0.05) is 35.3 Å². The van der Waals surface area contributed by atoms with E-state index in [1.807, 2.05) is 31.2 Å². The highest BCUT2D eigenvalue weighted by Gasteiger charge is 2.05. The van der Waals surface area contributed by atoms with Gasteiger partial charge in [-0.2, -0.15) is 0 Å². The van der Waals surface area contributed by atoms with Gasteiger partial charge in [0.2, 0.25) is 0 Å². The molecule has 88 valence electrons. The molecule has 0 amide bonds. The first-order valence-electron chi connectivity index (χ1n) is 5.24. The Bertz CT molecular complexity index is 553. The van der Waals surface area contributed by atoms with Gasteiger partial charge in [0.15, 0.2) is 0 Å². The van der Waals surface area contributed by atoms with Gasteiger partial charge in [0.25, 0.3) is 0 Å². The van der Waals surface area contributed by atoms with Crippen LogP contribution in [0.3, 0.4) is 0 Å². The molecule has 0 bridgehead atoms. The zero-order chi connectivity index (χ0) is 12.4. The number of hydrogen-bond donors (Lipinski definition) is 1. The molecule has 4 heteroatoms. The van der Waals surface area contributed by atoms with Crippen molar-refractivity contribution in [3.63, 3.8) is 0 Å². The monoisotopic (exact) mass is 266 g/mol. The molecule has 0 aliphatic carbocycles. The molecule has 0 aliphatic rings. The van der Waals surface area contributed by atoms with E-state index in [0.717, 1.165) is 22.5 Å². The molecule has 0 radical (unpaired) electrons. The highest BCUT2D eigenvalue weighted by atomic mass is 35.5. The lowest BCUT2D eigenvalue weighted by Crippen LogP contribution is -2.01. The summed E-state index contributed by atoms with van der Waals surface area (Å²) in [7, 11) is 0. The smallest absolute Gasteiger partial charge is 0.0705 e. The van der Waals surface area contributed by atoms with Crippen LogP contribution in [-0.4, -0.2) is 4.98 Å². The third-order valence-electron chi connectivity index (χ3n) is 2.63. The van der Waals surface area contributed by atoms with Gasteiger partial charge in [0.05, 0.1) is 15.7 Å². The standard InChI is InChI=1S/C13H12Cl2N2/c1-8-10(7-16)3-5-13(17-8)9-2-4-11(14)12(15)6-9/h2-6H,7,16H2,1H3. The highest BCUT2D eigenvalue weighted by molar-refractivity contribution is 6.42. The minimum absolute atomic E-state index is 0.500. The average molecular weight is 267 g/mol. The SMILES string of the molecule is Cc1nc(-c2ccc(Cl)c(Cl)c2)ccc1CN. The molecule has 0 atom stereocenters. The first kappa shape index (κ1) is 12.4. The van der Waals surface area contributed by atoms with Crippen LogP contribution in [0.4, 0.5) is 0 Å². The Labute approximate surface area is 110 Å². The van der Waals surface area contributed by atoms with Gasteiger partial charge in [0.1, 0.15) is 0 Å². The molecule has 0 spiro atoms. The van der Waals surface area contributed by atoms with Gasteiger partial charge in [0, 0.05) is 17.8 Å². The van der Waals surface area contributed by atoms with E-state index in [0.29, 0.717) is 16.6 Å². The molecule has 2 N–H and O–H groups in total. The van der Waals surface area contributed by atoms with Crippen LogP contribution in [0.1, 0.15) is 11.3 Å². The molecule has 1 aromatic carbocycles. The summed E-state index contributed by atoms with van der Waals surface area (Å²) < 4.78 is 0. The van der Waals surface area contributed by atoms with E-state index < -0.39 is 0 Å². The first-order valence-corrected chi connectivity index (χ1v) is 5.99. The van der Waals surface area contributed by atoms with Crippen LogP contribution in [0.15, 0.2) is 30.3 Å². The van der Waals surface area contributed by atoms with Crippen molar-refractivity contribution in [2.75, 3.05) is 0 Å². The summed E-state index contributed by atoms with van der Waals surface area (Å²) in [5.41, 5.74) is 9.42. The van der Waals surface area contributed by atoms with Crippen LogP contribution in [0.5, 0.6) is 0 Å². The second-order valence-electron chi connectivity index (χ2n) is 3.77. The maximum Gasteiger partial charge on any atom is 0.0705 e. The number of pyridine rings is 1. The van der Waals surface area contributed by atoms with E-state index in [1.54, 1.807) is 6.07 Å². The summed E-state index contributed by atoms with van der Waals surface area (Å²) in [6, 6.07) is 9.41. The highest BCUT2D eigenvalue weighted by Crippen LogP contribution is 2.27. The average Bonchev–Trinajstić information content (AvgIpc) is 2.32. The Hall–Kier alpha value is -1.09. The molecular formula is C13H12Cl2N2. The third-order valence-corrected chi connectivity index (χ3v) is 3.37. The molecule has 0 aliphatic heterocycles. The van der Waals surface area contributed by atoms with E-state index in [-0.39, 0.29) is 0 Å². The topological polar surface area (TPSA) is 38.9 Å². The van der Waals surface area contributed by atoms with Crippen molar-refractivity contribution >= 4 is 23.2 Å². The number of rotatable bonds is 2. The van der Waals surface area contributed by atoms with Crippen LogP contribution < -0.4 is 5.73 Å². The molecule has 0 saturated heterocycles. The van der Waals surface area contributed by atoms with Crippen molar-refractivity contribution in [2.45, 2.75) is 13.5 Å². The summed E-state index contributed by atoms with van der Waals surface area (Å²) in [4.78, 5) is 4.50. The number of aromatic nitrogens is 1. The van der Waals surface area contributed by atoms with E-state index in [1.165, 1.54) is 0 Å². The molecule has 1 aromatic heterocycles. The fourth-order valence-corrected chi connectivity index (χ4v) is 1.92. The Kier molecular flexibility index (Phi) is 3.67. The van der Waals surface area contributed by atoms with Gasteiger partial charge in [-0.05, 0) is 30.7 Å². The summed E-state index contributed by atoms with van der Waals surface area (Å²) >= 11 is 11.9. The van der Waals surface area contributed by atoms with E-state index >= 15 is 0 Å². The summed E-state index contributed by atoms with van der Waals surface area (Å²) in [6.45, 7) is 2.45. The number of benzene rings is 1. The minimum Gasteiger partial charge on any atom is -0.326 e. The largest absolute Gasteiger partial charge is 0.326 e. The van der Waals surface area contributed by atoms with Crippen LogP contribution >= 0.6 is 23.2 Å². The van der Waals surface area contributed by atoms with Crippen molar-refractivity contribution in [3.05, 3.63) is 51.6 Å². The van der Waals surface area contributed by atoms with Crippen LogP contribution in [0.2, 0.25) is 10.0 Å². The third kappa shape index (κ3) is 2.60. The molecule has 2 rings (SSSR count). The van der Waals surface area contributed by atoms with Crippen LogP contribution in [0, 0.1) is 6.92 Å². The van der Waals surface area contributed by atoms with E-state index in [9.17, 15) is 0 Å². The summed E-state index contributed by atoms with van der Waals surface area (Å²) in [6.07, 6.45) is 0. The maximum absolute atomic E-state index is 5.98. The van der Waals surface area contributed by atoms with Crippen molar-refractivity contribution in [1.82, 2.24) is 4.98 Å². The Morgan fingerprint density at radius 2 is 1.88 bits per heavy atom. The minimum atomic E-state index is 0.500. The molecule has 1 heterocycles. The number of halogens is 2. The first-order chi connectivity index (χ1) is 8.11. The van der Waals surface area contributed by atoms with Crippen LogP contribution in [0.25, 0.3) is 11.3 Å². The van der Waals surface area contributed by atoms with Gasteiger partial charge < -0.3 is 5.73 Å². The lowest BCUT2D eigenvalue weighted by molar-refractivity contribution is 1.01. The second kappa shape index (κ2) is 5.05. The van der Waals surface area contributed by atoms with Crippen molar-refractivity contribution in [1.29, 1.82) is 0 Å². The fraction of sp³-hybridized carbons (Fsp3) is 0.154. The van der Waals surface area contributed by atoms with Crippen LogP contribution in [-0.2, 0) is 6.54 Å². The maximum atomic E-state index is 5.98. The van der Waals surface area contributed by atoms with Gasteiger partial charge in [-0.15, -0.1) is 0 Å². The molecule has 17 heavy (non-hydrogen) atoms. The Morgan fingerprint density at radius 1 is 1.12 bits per heavy atom. The zero-order valence-electron chi connectivity index (χ0n) is 9.37. The van der Waals surface area contributed by atoms with Gasteiger partial charge in [-0.3, -0.25) is 4.98 Å². The number of nitrogens with zero attached hydrogens (tertiary/aromatic N) is 1. The quantitative estimate of drug-likeness (QED) is 0.898. The number of nitrogens with two attached hydrogens (primary N) is 1. The molecule has 0 saturated carbocycles. The normalized spacial score (nSPS) is 10.6. The Balaban J connectivity index is 2.46. The van der Waals surface area contributed by atoms with Gasteiger partial charge >= 0.3 is 0 Å². The van der Waals surface area contributed by atoms with Gasteiger partial charge in [-0.25, -0.2) is 0 Å². The fourth-order valence-electron chi connectivity index (χ4n) is 1.62. The Morgan fingerprint density at radius 3 is 2.47 bits per heavy atom. The molecular weight excluding hydrogens is 255 g/mol. The number of hydrogen-bond acceptors (Lipinski definition) is 2. The van der Waals surface area contributed by atoms with E-state index in [4.69, 9.17) is 28.9 Å². The predicted molar refractivity (Wildman–Crippen MR) is 72.3 cm³/mol. The lowest BCUT2D eigenvalue weighted by Gasteiger charge is -2.07. The zero-order valence-corrected chi connectivity index (χ0v) is 10.9. The van der Waals surface area contributed by atoms with E-state index in [2.05, 4.69) is 4.98 Å². The molecule has 2 nitrogen and oxygen atoms in total. The molecule has 0 fully saturated rings. The number of aryl methyl sites for hydroxylation is 1. The molecule has 0 unspecified atom stereocenters. The van der Waals surface area contributed by atoms with Crippen molar-refractivity contribution in [2.24, 2.45) is 5.73 Å². The lowest BCUT2D eigenvalue weighted by atomic mass is 10.1. The predicted octanol–water partition coefficient (Wildman–Crippen LogP) is 3.82. The van der Waals surface area contributed by atoms with Crippen molar-refractivity contribution < 1.29 is 0 Å². The second-order valence-corrected chi connectivity index (χ2v) is 4.59. The summed E-state index contributed by atoms with van der Waals surface area (Å²) in [5.74, 6) is 0. The molecule has 2 aromatic rings. The van der Waals surface area contributed by atoms with Crippen molar-refractivity contribution in [3.8, 4) is 11.3 Å². The summed E-state index contributed by atoms with van der Waals surface area (Å²) in [5, 5.41) is 1.08.